The van der Waals surface area contributed by atoms with Crippen LogP contribution in [0.15, 0.2) is 24.5 Å². The van der Waals surface area contributed by atoms with Gasteiger partial charge in [-0.3, -0.25) is 9.88 Å². The summed E-state index contributed by atoms with van der Waals surface area (Å²) in [4.78, 5) is 6.46. The van der Waals surface area contributed by atoms with Gasteiger partial charge in [-0.15, -0.1) is 0 Å². The molecule has 0 bridgehead atoms. The van der Waals surface area contributed by atoms with Crippen LogP contribution in [0.25, 0.3) is 0 Å². The Balaban J connectivity index is 1.62. The summed E-state index contributed by atoms with van der Waals surface area (Å²) in [7, 11) is -3.11. The monoisotopic (exact) mass is 339 g/mol. The molecule has 0 spiro atoms. The Morgan fingerprint density at radius 2 is 2.04 bits per heavy atom. The number of aromatic nitrogens is 1. The molecule has 0 amide bonds. The van der Waals surface area contributed by atoms with Crippen molar-refractivity contribution in [3.63, 3.8) is 0 Å². The zero-order chi connectivity index (χ0) is 16.3. The molecule has 7 heteroatoms. The Morgan fingerprint density at radius 1 is 1.26 bits per heavy atom. The second-order valence-corrected chi connectivity index (χ2v) is 8.56. The van der Waals surface area contributed by atoms with Crippen LogP contribution < -0.4 is 0 Å². The third kappa shape index (κ3) is 4.09. The van der Waals surface area contributed by atoms with Crippen LogP contribution >= 0.6 is 0 Å². The van der Waals surface area contributed by atoms with Crippen LogP contribution in [0.1, 0.15) is 18.9 Å². The van der Waals surface area contributed by atoms with Gasteiger partial charge >= 0.3 is 0 Å². The largest absolute Gasteiger partial charge is 0.375 e. The molecule has 2 fully saturated rings. The van der Waals surface area contributed by atoms with Crippen LogP contribution in [-0.2, 0) is 21.3 Å². The number of pyridine rings is 1. The van der Waals surface area contributed by atoms with Gasteiger partial charge in [0.2, 0.25) is 10.0 Å². The van der Waals surface area contributed by atoms with Gasteiger partial charge in [0, 0.05) is 51.0 Å². The third-order valence-corrected chi connectivity index (χ3v) is 6.65. The topological polar surface area (TPSA) is 62.7 Å². The summed E-state index contributed by atoms with van der Waals surface area (Å²) in [5.41, 5.74) is 1.25. The van der Waals surface area contributed by atoms with E-state index in [0.717, 1.165) is 26.1 Å². The second-order valence-electron chi connectivity index (χ2n) is 6.31. The molecular weight excluding hydrogens is 314 g/mol. The smallest absolute Gasteiger partial charge is 0.213 e. The van der Waals surface area contributed by atoms with Crippen LogP contribution in [0.3, 0.4) is 0 Å². The lowest BCUT2D eigenvalue weighted by atomic mass is 9.94. The van der Waals surface area contributed by atoms with Crippen LogP contribution in [0.5, 0.6) is 0 Å². The highest BCUT2D eigenvalue weighted by Gasteiger charge is 2.36. The molecule has 0 unspecified atom stereocenters. The number of fused-ring (bicyclic) bond motifs is 1. The molecule has 0 saturated carbocycles. The molecule has 2 saturated heterocycles. The third-order valence-electron chi connectivity index (χ3n) is 4.80. The van der Waals surface area contributed by atoms with Crippen LogP contribution in [0.4, 0.5) is 0 Å². The number of ether oxygens (including phenoxy) is 1. The summed E-state index contributed by atoms with van der Waals surface area (Å²) in [6.45, 7) is 6.22. The molecule has 3 rings (SSSR count). The minimum absolute atomic E-state index is 0.0208. The lowest BCUT2D eigenvalue weighted by Gasteiger charge is -2.37. The number of sulfonamides is 1. The standard InChI is InChI=1S/C16H25N3O3S/c1-2-23(20,21)19-8-5-15-12-18(9-10-22-16(15)13-19)11-14-3-6-17-7-4-14/h3-4,6-7,15-16H,2,5,8-13H2,1H3/t15-,16-/m1/s1. The molecule has 0 aromatic carbocycles. The predicted molar refractivity (Wildman–Crippen MR) is 88.4 cm³/mol. The fraction of sp³-hybridized carbons (Fsp3) is 0.688. The molecule has 3 heterocycles. The highest BCUT2D eigenvalue weighted by Crippen LogP contribution is 2.26. The average molecular weight is 339 g/mol. The minimum Gasteiger partial charge on any atom is -0.375 e. The first-order valence-electron chi connectivity index (χ1n) is 8.29. The average Bonchev–Trinajstić information content (AvgIpc) is 2.76. The predicted octanol–water partition coefficient (Wildman–Crippen LogP) is 0.954. The minimum atomic E-state index is -3.11. The molecule has 2 aliphatic heterocycles. The summed E-state index contributed by atoms with van der Waals surface area (Å²) in [6.07, 6.45) is 4.53. The van der Waals surface area contributed by atoms with Gasteiger partial charge in [0.1, 0.15) is 0 Å². The number of hydrogen-bond acceptors (Lipinski definition) is 5. The molecule has 2 aliphatic rings. The Labute approximate surface area is 138 Å². The van der Waals surface area contributed by atoms with Crippen molar-refractivity contribution in [2.24, 2.45) is 5.92 Å². The molecule has 6 nitrogen and oxygen atoms in total. The zero-order valence-corrected chi connectivity index (χ0v) is 14.4. The van der Waals surface area contributed by atoms with Crippen LogP contribution in [0.2, 0.25) is 0 Å². The van der Waals surface area contributed by atoms with E-state index in [1.54, 1.807) is 11.2 Å². The Bertz CT molecular complexity index is 608. The Hall–Kier alpha value is -1.02. The molecule has 2 atom stereocenters. The summed E-state index contributed by atoms with van der Waals surface area (Å²) in [5.74, 6) is 0.570. The summed E-state index contributed by atoms with van der Waals surface area (Å²) in [5, 5.41) is 0. The molecule has 0 N–H and O–H groups in total. The van der Waals surface area contributed by atoms with E-state index in [0.29, 0.717) is 25.6 Å². The van der Waals surface area contributed by atoms with E-state index in [9.17, 15) is 8.42 Å². The number of nitrogens with zero attached hydrogens (tertiary/aromatic N) is 3. The van der Waals surface area contributed by atoms with E-state index in [1.165, 1.54) is 5.56 Å². The Kier molecular flexibility index (Phi) is 5.31. The van der Waals surface area contributed by atoms with Gasteiger partial charge in [0.15, 0.2) is 0 Å². The van der Waals surface area contributed by atoms with E-state index in [4.69, 9.17) is 4.74 Å². The SMILES string of the molecule is CCS(=O)(=O)N1CC[C@@H]2CN(Cc3ccncc3)CCO[C@@H]2C1. The molecule has 128 valence electrons. The van der Waals surface area contributed by atoms with Gasteiger partial charge in [-0.05, 0) is 31.0 Å². The fourth-order valence-corrected chi connectivity index (χ4v) is 4.54. The highest BCUT2D eigenvalue weighted by molar-refractivity contribution is 7.89. The molecule has 0 aliphatic carbocycles. The van der Waals surface area contributed by atoms with Gasteiger partial charge < -0.3 is 4.74 Å². The van der Waals surface area contributed by atoms with Crippen molar-refractivity contribution in [3.05, 3.63) is 30.1 Å². The first-order valence-corrected chi connectivity index (χ1v) is 9.90. The quantitative estimate of drug-likeness (QED) is 0.817. The molecule has 23 heavy (non-hydrogen) atoms. The second kappa shape index (κ2) is 7.25. The summed E-state index contributed by atoms with van der Waals surface area (Å²) >= 11 is 0. The van der Waals surface area contributed by atoms with Crippen LogP contribution in [-0.4, -0.2) is 67.2 Å². The van der Waals surface area contributed by atoms with Crippen molar-refractivity contribution < 1.29 is 13.2 Å². The van der Waals surface area contributed by atoms with Gasteiger partial charge in [-0.1, -0.05) is 0 Å². The molecule has 1 aromatic rings. The van der Waals surface area contributed by atoms with Crippen LogP contribution in [0, 0.1) is 5.92 Å². The van der Waals surface area contributed by atoms with E-state index >= 15 is 0 Å². The zero-order valence-electron chi connectivity index (χ0n) is 13.6. The maximum absolute atomic E-state index is 12.1. The van der Waals surface area contributed by atoms with Gasteiger partial charge in [-0.25, -0.2) is 8.42 Å². The van der Waals surface area contributed by atoms with E-state index in [2.05, 4.69) is 9.88 Å². The molecular formula is C16H25N3O3S. The van der Waals surface area contributed by atoms with E-state index < -0.39 is 10.0 Å². The number of hydrogen-bond donors (Lipinski definition) is 0. The van der Waals surface area contributed by atoms with E-state index in [-0.39, 0.29) is 11.9 Å². The molecule has 0 radical (unpaired) electrons. The number of piperidine rings is 1. The van der Waals surface area contributed by atoms with Crippen molar-refractivity contribution in [2.75, 3.05) is 38.5 Å². The Morgan fingerprint density at radius 3 is 2.78 bits per heavy atom. The first-order chi connectivity index (χ1) is 11.1. The van der Waals surface area contributed by atoms with Gasteiger partial charge in [0.25, 0.3) is 0 Å². The van der Waals surface area contributed by atoms with Crippen molar-refractivity contribution in [1.29, 1.82) is 0 Å². The number of rotatable bonds is 4. The maximum Gasteiger partial charge on any atom is 0.213 e. The van der Waals surface area contributed by atoms with Crippen molar-refractivity contribution in [1.82, 2.24) is 14.2 Å². The van der Waals surface area contributed by atoms with Crippen molar-refractivity contribution >= 4 is 10.0 Å². The highest BCUT2D eigenvalue weighted by atomic mass is 32.2. The summed E-state index contributed by atoms with van der Waals surface area (Å²) in [6, 6.07) is 4.08. The van der Waals surface area contributed by atoms with Crippen molar-refractivity contribution in [3.8, 4) is 0 Å². The molecule has 1 aromatic heterocycles. The normalized spacial score (nSPS) is 27.3. The van der Waals surface area contributed by atoms with Gasteiger partial charge in [-0.2, -0.15) is 4.31 Å². The van der Waals surface area contributed by atoms with Crippen molar-refractivity contribution in [2.45, 2.75) is 26.0 Å². The first kappa shape index (κ1) is 16.8. The fourth-order valence-electron chi connectivity index (χ4n) is 3.42. The lowest BCUT2D eigenvalue weighted by molar-refractivity contribution is -0.00187. The maximum atomic E-state index is 12.1. The lowest BCUT2D eigenvalue weighted by Crippen LogP contribution is -2.49. The summed E-state index contributed by atoms with van der Waals surface area (Å²) < 4.78 is 31.7. The van der Waals surface area contributed by atoms with Gasteiger partial charge in [0.05, 0.1) is 18.5 Å². The van der Waals surface area contributed by atoms with E-state index in [1.807, 2.05) is 24.5 Å².